The van der Waals surface area contributed by atoms with Crippen LogP contribution in [0.3, 0.4) is 0 Å². The van der Waals surface area contributed by atoms with Gasteiger partial charge in [-0.25, -0.2) is 4.98 Å². The summed E-state index contributed by atoms with van der Waals surface area (Å²) in [4.78, 5) is 29.4. The molecule has 1 rings (SSSR count). The number of rotatable bonds is 6. The van der Waals surface area contributed by atoms with E-state index in [1.807, 2.05) is 0 Å². The predicted molar refractivity (Wildman–Crippen MR) is 59.2 cm³/mol. The number of hydrogen-bond donors (Lipinski definition) is 1. The van der Waals surface area contributed by atoms with E-state index in [0.717, 1.165) is 0 Å². The molecule has 0 aliphatic carbocycles. The Labute approximate surface area is 95.3 Å². The van der Waals surface area contributed by atoms with Crippen LogP contribution in [0.25, 0.3) is 0 Å². The third-order valence-corrected chi connectivity index (χ3v) is 2.14. The molecule has 0 saturated heterocycles. The predicted octanol–water partition coefficient (Wildman–Crippen LogP) is 0.264. The minimum absolute atomic E-state index is 0.0189. The fourth-order valence-corrected chi connectivity index (χ4v) is 1.44. The van der Waals surface area contributed by atoms with Gasteiger partial charge >= 0.3 is 0 Å². The summed E-state index contributed by atoms with van der Waals surface area (Å²) >= 11 is 1.17. The van der Waals surface area contributed by atoms with Crippen molar-refractivity contribution in [2.75, 3.05) is 11.9 Å². The Balaban J connectivity index is 2.78. The molecule has 0 saturated carbocycles. The number of aromatic nitrogens is 1. The first-order valence-electron chi connectivity index (χ1n) is 4.06. The van der Waals surface area contributed by atoms with Gasteiger partial charge in [-0.05, 0) is 0 Å². The number of hydrogen-bond acceptors (Lipinski definition) is 6. The van der Waals surface area contributed by atoms with Crippen molar-refractivity contribution < 1.29 is 14.4 Å². The number of nitrogens with one attached hydrogen (secondary N) is 1. The lowest BCUT2D eigenvalue weighted by atomic mass is 10.3. The number of aldehydes is 1. The van der Waals surface area contributed by atoms with Crippen molar-refractivity contribution in [1.82, 2.24) is 4.98 Å². The Hall–Kier alpha value is -2.20. The van der Waals surface area contributed by atoms with Crippen molar-refractivity contribution in [3.05, 3.63) is 11.1 Å². The zero-order valence-corrected chi connectivity index (χ0v) is 8.86. The Morgan fingerprint density at radius 3 is 3.19 bits per heavy atom. The Morgan fingerprint density at radius 1 is 1.75 bits per heavy atom. The van der Waals surface area contributed by atoms with Crippen molar-refractivity contribution in [3.8, 4) is 12.3 Å². The first kappa shape index (κ1) is 11.9. The second kappa shape index (κ2) is 6.31. The van der Waals surface area contributed by atoms with Crippen LogP contribution in [0.4, 0.5) is 5.13 Å². The molecule has 82 valence electrons. The van der Waals surface area contributed by atoms with Crippen LogP contribution in [0.1, 0.15) is 5.69 Å². The molecular formula is C9H7N3O3S. The first-order valence-corrected chi connectivity index (χ1v) is 4.94. The monoisotopic (exact) mass is 237 g/mol. The molecule has 6 nitrogen and oxygen atoms in total. The Morgan fingerprint density at radius 2 is 2.56 bits per heavy atom. The quantitative estimate of drug-likeness (QED) is 0.253. The number of terminal acetylenes is 1. The van der Waals surface area contributed by atoms with Gasteiger partial charge in [0.1, 0.15) is 5.69 Å². The van der Waals surface area contributed by atoms with E-state index in [1.54, 1.807) is 5.38 Å². The van der Waals surface area contributed by atoms with Crippen LogP contribution in [0, 0.1) is 12.3 Å². The molecule has 0 aliphatic heterocycles. The number of carbonyl (C=O) groups is 2. The highest BCUT2D eigenvalue weighted by molar-refractivity contribution is 7.14. The van der Waals surface area contributed by atoms with Gasteiger partial charge in [-0.2, -0.15) is 0 Å². The zero-order chi connectivity index (χ0) is 11.8. The van der Waals surface area contributed by atoms with Crippen molar-refractivity contribution >= 4 is 34.9 Å². The largest absolute Gasteiger partial charge is 0.382 e. The number of amides is 1. The molecule has 0 aromatic carbocycles. The van der Waals surface area contributed by atoms with Crippen LogP contribution in [0.5, 0.6) is 0 Å². The van der Waals surface area contributed by atoms with E-state index in [0.29, 0.717) is 23.5 Å². The molecule has 0 unspecified atom stereocenters. The molecule has 0 radical (unpaired) electrons. The molecule has 0 fully saturated rings. The molecule has 7 heteroatoms. The normalized spacial score (nSPS) is 10.3. The maximum atomic E-state index is 10.7. The fourth-order valence-electron chi connectivity index (χ4n) is 0.776. The van der Waals surface area contributed by atoms with E-state index >= 15 is 0 Å². The highest BCUT2D eigenvalue weighted by Crippen LogP contribution is 2.14. The summed E-state index contributed by atoms with van der Waals surface area (Å²) in [7, 11) is 0. The van der Waals surface area contributed by atoms with Crippen molar-refractivity contribution in [2.45, 2.75) is 0 Å². The second-order valence-electron chi connectivity index (χ2n) is 2.37. The van der Waals surface area contributed by atoms with Gasteiger partial charge in [-0.1, -0.05) is 11.1 Å². The lowest BCUT2D eigenvalue weighted by Crippen LogP contribution is -2.05. The standard InChI is InChI=1S/C9H7N3O3S/c1-2-3-15-12-7(4-13)8-5-16-9(11-8)10-6-14/h1,4-6H,3H2,(H,10,11,14). The molecule has 1 amide bonds. The summed E-state index contributed by atoms with van der Waals surface area (Å²) in [6, 6.07) is 0. The average molecular weight is 237 g/mol. The van der Waals surface area contributed by atoms with Gasteiger partial charge in [0.25, 0.3) is 0 Å². The summed E-state index contributed by atoms with van der Waals surface area (Å²) in [6.45, 7) is -0.0269. The number of anilines is 1. The summed E-state index contributed by atoms with van der Waals surface area (Å²) in [6.07, 6.45) is 5.94. The highest BCUT2D eigenvalue weighted by atomic mass is 32.1. The zero-order valence-electron chi connectivity index (χ0n) is 8.04. The number of nitrogens with zero attached hydrogens (tertiary/aromatic N) is 2. The van der Waals surface area contributed by atoms with Gasteiger partial charge in [-0.3, -0.25) is 9.59 Å². The number of carbonyl (C=O) groups excluding carboxylic acids is 2. The lowest BCUT2D eigenvalue weighted by molar-refractivity contribution is -0.105. The molecule has 1 aromatic heterocycles. The maximum absolute atomic E-state index is 10.7. The van der Waals surface area contributed by atoms with Crippen molar-refractivity contribution in [1.29, 1.82) is 0 Å². The molecular weight excluding hydrogens is 230 g/mol. The van der Waals surface area contributed by atoms with Crippen LogP contribution in [0.15, 0.2) is 10.5 Å². The van der Waals surface area contributed by atoms with E-state index in [-0.39, 0.29) is 12.3 Å². The molecule has 0 bridgehead atoms. The van der Waals surface area contributed by atoms with Crippen molar-refractivity contribution in [2.24, 2.45) is 5.16 Å². The van der Waals surface area contributed by atoms with E-state index in [1.165, 1.54) is 11.3 Å². The van der Waals surface area contributed by atoms with E-state index < -0.39 is 0 Å². The van der Waals surface area contributed by atoms with E-state index in [2.05, 4.69) is 26.2 Å². The summed E-state index contributed by atoms with van der Waals surface area (Å²) in [5.74, 6) is 2.20. The van der Waals surface area contributed by atoms with E-state index in [4.69, 9.17) is 6.42 Å². The summed E-state index contributed by atoms with van der Waals surface area (Å²) in [5.41, 5.74) is 0.340. The SMILES string of the molecule is C#CCON=C(C=O)c1csc(NC=O)n1. The van der Waals surface area contributed by atoms with E-state index in [9.17, 15) is 9.59 Å². The highest BCUT2D eigenvalue weighted by Gasteiger charge is 2.08. The van der Waals surface area contributed by atoms with Crippen LogP contribution >= 0.6 is 11.3 Å². The molecule has 0 aliphatic rings. The van der Waals surface area contributed by atoms with Gasteiger partial charge in [0.2, 0.25) is 6.41 Å². The Kier molecular flexibility index (Phi) is 4.69. The molecule has 0 spiro atoms. The average Bonchev–Trinajstić information content (AvgIpc) is 2.74. The fraction of sp³-hybridized carbons (Fsp3) is 0.111. The number of oxime groups is 1. The van der Waals surface area contributed by atoms with Gasteiger partial charge in [-0.15, -0.1) is 17.8 Å². The maximum Gasteiger partial charge on any atom is 0.213 e. The van der Waals surface area contributed by atoms with Gasteiger partial charge in [0.05, 0.1) is 0 Å². The van der Waals surface area contributed by atoms with Crippen molar-refractivity contribution in [3.63, 3.8) is 0 Å². The van der Waals surface area contributed by atoms with Crippen LogP contribution in [0.2, 0.25) is 0 Å². The molecule has 0 atom stereocenters. The first-order chi connectivity index (χ1) is 7.81. The smallest absolute Gasteiger partial charge is 0.213 e. The third-order valence-electron chi connectivity index (χ3n) is 1.37. The lowest BCUT2D eigenvalue weighted by Gasteiger charge is -1.94. The van der Waals surface area contributed by atoms with Crippen LogP contribution in [-0.4, -0.2) is 30.0 Å². The minimum atomic E-state index is -0.0269. The molecule has 1 aromatic rings. The van der Waals surface area contributed by atoms with Gasteiger partial charge < -0.3 is 10.2 Å². The second-order valence-corrected chi connectivity index (χ2v) is 3.23. The van der Waals surface area contributed by atoms with Gasteiger partial charge in [0.15, 0.2) is 23.7 Å². The number of thiazole rings is 1. The van der Waals surface area contributed by atoms with Crippen LogP contribution < -0.4 is 5.32 Å². The molecule has 1 heterocycles. The molecule has 1 N–H and O–H groups in total. The Bertz CT molecular complexity index is 447. The van der Waals surface area contributed by atoms with Gasteiger partial charge in [0, 0.05) is 5.38 Å². The minimum Gasteiger partial charge on any atom is -0.382 e. The third kappa shape index (κ3) is 3.18. The molecule has 16 heavy (non-hydrogen) atoms. The van der Waals surface area contributed by atoms with Crippen LogP contribution in [-0.2, 0) is 14.4 Å². The summed E-state index contributed by atoms with van der Waals surface area (Å²) in [5, 5.41) is 7.81. The summed E-state index contributed by atoms with van der Waals surface area (Å²) < 4.78 is 0. The topological polar surface area (TPSA) is 80.6 Å².